The fourth-order valence-corrected chi connectivity index (χ4v) is 4.94. The third-order valence-electron chi connectivity index (χ3n) is 7.82. The van der Waals surface area contributed by atoms with Crippen LogP contribution in [0.1, 0.15) is 56.5 Å². The van der Waals surface area contributed by atoms with Crippen molar-refractivity contribution < 1.29 is 14.4 Å². The minimum atomic E-state index is -0.628. The van der Waals surface area contributed by atoms with Gasteiger partial charge in [-0.25, -0.2) is 0 Å². The zero-order valence-electron chi connectivity index (χ0n) is 23.5. The first-order valence-corrected chi connectivity index (χ1v) is 13.9. The molecule has 0 spiro atoms. The van der Waals surface area contributed by atoms with E-state index in [9.17, 15) is 14.4 Å². The fraction of sp³-hybridized carbons (Fsp3) is 0.303. The second kappa shape index (κ2) is 12.7. The van der Waals surface area contributed by atoms with Crippen LogP contribution in [0.5, 0.6) is 0 Å². The predicted molar refractivity (Wildman–Crippen MR) is 162 cm³/mol. The maximum Gasteiger partial charge on any atom is 0.252 e. The van der Waals surface area contributed by atoms with Crippen LogP contribution < -0.4 is 21.7 Å². The van der Waals surface area contributed by atoms with Crippen LogP contribution >= 0.6 is 0 Å². The van der Waals surface area contributed by atoms with Gasteiger partial charge < -0.3 is 21.7 Å². The lowest BCUT2D eigenvalue weighted by molar-refractivity contribution is -0.118. The van der Waals surface area contributed by atoms with Crippen molar-refractivity contribution >= 4 is 34.7 Å². The van der Waals surface area contributed by atoms with E-state index in [0.29, 0.717) is 16.9 Å². The Morgan fingerprint density at radius 3 is 1.93 bits per heavy atom. The van der Waals surface area contributed by atoms with Gasteiger partial charge in [-0.15, -0.1) is 0 Å². The summed E-state index contributed by atoms with van der Waals surface area (Å²) in [6.45, 7) is 8.10. The van der Waals surface area contributed by atoms with Crippen molar-refractivity contribution in [2.45, 2.75) is 52.6 Å². The SMILES string of the molecule is CCC(C)C(N)C(=O)Nc1ccccc1-c1ccccc1NC(=O)/C=C1\c2ccccc2C(=O)NC1C(C)CC. The molecule has 0 bridgehead atoms. The van der Waals surface area contributed by atoms with E-state index in [2.05, 4.69) is 29.8 Å². The van der Waals surface area contributed by atoms with Crippen molar-refractivity contribution in [2.24, 2.45) is 17.6 Å². The molecule has 4 rings (SSSR count). The lowest BCUT2D eigenvalue weighted by atomic mass is 9.82. The minimum Gasteiger partial charge on any atom is -0.345 e. The van der Waals surface area contributed by atoms with Crippen molar-refractivity contribution in [3.05, 3.63) is 90.0 Å². The summed E-state index contributed by atoms with van der Waals surface area (Å²) >= 11 is 0. The molecule has 7 heteroatoms. The van der Waals surface area contributed by atoms with Crippen LogP contribution in [0.15, 0.2) is 78.9 Å². The summed E-state index contributed by atoms with van der Waals surface area (Å²) in [5, 5.41) is 9.11. The van der Waals surface area contributed by atoms with E-state index < -0.39 is 6.04 Å². The van der Waals surface area contributed by atoms with Crippen molar-refractivity contribution in [3.8, 4) is 11.1 Å². The smallest absolute Gasteiger partial charge is 0.252 e. The highest BCUT2D eigenvalue weighted by Crippen LogP contribution is 2.35. The highest BCUT2D eigenvalue weighted by atomic mass is 16.2. The Kier molecular flexibility index (Phi) is 9.17. The average Bonchev–Trinajstić information content (AvgIpc) is 2.97. The van der Waals surface area contributed by atoms with Gasteiger partial charge in [0.1, 0.15) is 0 Å². The Morgan fingerprint density at radius 1 is 0.825 bits per heavy atom. The van der Waals surface area contributed by atoms with E-state index in [4.69, 9.17) is 5.73 Å². The number of hydrogen-bond donors (Lipinski definition) is 4. The molecule has 3 aromatic carbocycles. The Hall–Kier alpha value is -4.23. The van der Waals surface area contributed by atoms with E-state index in [0.717, 1.165) is 35.1 Å². The number of rotatable bonds is 9. The highest BCUT2D eigenvalue weighted by Gasteiger charge is 2.32. The molecular weight excluding hydrogens is 500 g/mol. The standard InChI is InChI=1S/C33H38N4O3/c1-5-20(3)30(34)33(40)36-28-18-12-10-15-24(28)23-14-9-11-17-27(23)35-29(38)19-26-22-13-7-8-16-25(22)32(39)37-31(26)21(4)6-2/h7-21,30-31H,5-6,34H2,1-4H3,(H,35,38)(H,36,40)(H,37,39)/b26-19+. The van der Waals surface area contributed by atoms with Crippen LogP contribution in [0.25, 0.3) is 16.7 Å². The van der Waals surface area contributed by atoms with Crippen LogP contribution in [-0.2, 0) is 9.59 Å². The molecule has 1 heterocycles. The number of anilines is 2. The lowest BCUT2D eigenvalue weighted by Crippen LogP contribution is -2.44. The van der Waals surface area contributed by atoms with Gasteiger partial charge in [0.25, 0.3) is 5.91 Å². The zero-order valence-corrected chi connectivity index (χ0v) is 23.5. The normalized spacial score (nSPS) is 17.8. The molecule has 0 saturated heterocycles. The minimum absolute atomic E-state index is 0.0423. The molecule has 208 valence electrons. The zero-order chi connectivity index (χ0) is 28.8. The number of nitrogens with one attached hydrogen (secondary N) is 3. The number of carbonyl (C=O) groups is 3. The van der Waals surface area contributed by atoms with Gasteiger partial charge in [-0.05, 0) is 41.2 Å². The van der Waals surface area contributed by atoms with E-state index in [1.807, 2.05) is 80.6 Å². The Morgan fingerprint density at radius 2 is 1.35 bits per heavy atom. The quantitative estimate of drug-likeness (QED) is 0.256. The number of fused-ring (bicyclic) bond motifs is 1. The number of hydrogen-bond acceptors (Lipinski definition) is 4. The van der Waals surface area contributed by atoms with Gasteiger partial charge in [0.05, 0.1) is 12.1 Å². The molecule has 4 atom stereocenters. The van der Waals surface area contributed by atoms with Gasteiger partial charge in [-0.1, -0.05) is 95.1 Å². The first-order valence-electron chi connectivity index (χ1n) is 13.9. The van der Waals surface area contributed by atoms with Gasteiger partial charge in [0.2, 0.25) is 11.8 Å². The largest absolute Gasteiger partial charge is 0.345 e. The van der Waals surface area contributed by atoms with Crippen molar-refractivity contribution in [1.82, 2.24) is 5.32 Å². The molecule has 0 aliphatic carbocycles. The molecule has 40 heavy (non-hydrogen) atoms. The molecule has 3 aromatic rings. The molecule has 7 nitrogen and oxygen atoms in total. The van der Waals surface area contributed by atoms with Gasteiger partial charge in [-0.2, -0.15) is 0 Å². The summed E-state index contributed by atoms with van der Waals surface area (Å²) in [5.41, 5.74) is 11.0. The summed E-state index contributed by atoms with van der Waals surface area (Å²) in [7, 11) is 0. The van der Waals surface area contributed by atoms with Crippen molar-refractivity contribution in [3.63, 3.8) is 0 Å². The van der Waals surface area contributed by atoms with Gasteiger partial charge in [0, 0.05) is 34.1 Å². The van der Waals surface area contributed by atoms with E-state index in [1.54, 1.807) is 12.1 Å². The van der Waals surface area contributed by atoms with Gasteiger partial charge in [-0.3, -0.25) is 14.4 Å². The summed E-state index contributed by atoms with van der Waals surface area (Å²) < 4.78 is 0. The lowest BCUT2D eigenvalue weighted by Gasteiger charge is -2.32. The summed E-state index contributed by atoms with van der Waals surface area (Å²) in [5.74, 6) is -0.499. The Labute approximate surface area is 236 Å². The first-order chi connectivity index (χ1) is 19.2. The monoisotopic (exact) mass is 538 g/mol. The first kappa shape index (κ1) is 28.8. The molecule has 0 radical (unpaired) electrons. The van der Waals surface area contributed by atoms with Crippen LogP contribution in [0.4, 0.5) is 11.4 Å². The molecule has 3 amide bonds. The van der Waals surface area contributed by atoms with Gasteiger partial charge in [0.15, 0.2) is 0 Å². The number of carbonyl (C=O) groups excluding carboxylic acids is 3. The highest BCUT2D eigenvalue weighted by molar-refractivity contribution is 6.11. The summed E-state index contributed by atoms with van der Waals surface area (Å²) in [6, 6.07) is 21.4. The second-order valence-corrected chi connectivity index (χ2v) is 10.5. The summed E-state index contributed by atoms with van der Waals surface area (Å²) in [4.78, 5) is 39.1. The topological polar surface area (TPSA) is 113 Å². The Balaban J connectivity index is 1.67. The molecule has 0 saturated carbocycles. The molecule has 4 unspecified atom stereocenters. The molecule has 1 aliphatic rings. The third kappa shape index (κ3) is 6.15. The van der Waals surface area contributed by atoms with Crippen LogP contribution in [0.3, 0.4) is 0 Å². The van der Waals surface area contributed by atoms with Crippen molar-refractivity contribution in [1.29, 1.82) is 0 Å². The van der Waals surface area contributed by atoms with Crippen LogP contribution in [0, 0.1) is 11.8 Å². The molecule has 5 N–H and O–H groups in total. The Bertz CT molecular complexity index is 1430. The number of nitrogens with two attached hydrogens (primary N) is 1. The van der Waals surface area contributed by atoms with Gasteiger partial charge >= 0.3 is 0 Å². The number of benzene rings is 3. The molecule has 0 aromatic heterocycles. The van der Waals surface area contributed by atoms with Crippen molar-refractivity contribution in [2.75, 3.05) is 10.6 Å². The van der Waals surface area contributed by atoms with E-state index in [-0.39, 0.29) is 35.6 Å². The third-order valence-corrected chi connectivity index (χ3v) is 7.82. The number of para-hydroxylation sites is 2. The maximum atomic E-state index is 13.5. The van der Waals surface area contributed by atoms with E-state index in [1.165, 1.54) is 0 Å². The molecule has 1 aliphatic heterocycles. The fourth-order valence-electron chi connectivity index (χ4n) is 4.94. The number of amides is 3. The average molecular weight is 539 g/mol. The maximum absolute atomic E-state index is 13.5. The van der Waals surface area contributed by atoms with E-state index >= 15 is 0 Å². The molecule has 0 fully saturated rings. The summed E-state index contributed by atoms with van der Waals surface area (Å²) in [6.07, 6.45) is 3.23. The molecular formula is C33H38N4O3. The van der Waals surface area contributed by atoms with Crippen LogP contribution in [0.2, 0.25) is 0 Å². The second-order valence-electron chi connectivity index (χ2n) is 10.5. The predicted octanol–water partition coefficient (Wildman–Crippen LogP) is 5.85. The van der Waals surface area contributed by atoms with Crippen LogP contribution in [-0.4, -0.2) is 29.8 Å².